The van der Waals surface area contributed by atoms with Gasteiger partial charge in [-0.05, 0) is 25.1 Å². The molecule has 0 aromatic heterocycles. The van der Waals surface area contributed by atoms with Crippen LogP contribution in [0.5, 0.6) is 0 Å². The Hall–Kier alpha value is -0.510. The number of benzene rings is 1. The normalized spacial score (nSPS) is 19.9. The van der Waals surface area contributed by atoms with Crippen LogP contribution in [-0.4, -0.2) is 40.8 Å². The van der Waals surface area contributed by atoms with E-state index in [1.807, 2.05) is 23.9 Å². The summed E-state index contributed by atoms with van der Waals surface area (Å²) in [6, 6.07) is 7.29. The summed E-state index contributed by atoms with van der Waals surface area (Å²) in [5, 5.41) is 0.553. The minimum Gasteiger partial charge on any atom is -0.295 e. The molecule has 0 bridgehead atoms. The zero-order valence-corrected chi connectivity index (χ0v) is 13.1. The van der Waals surface area contributed by atoms with Gasteiger partial charge in [0.1, 0.15) is 0 Å². The second-order valence-electron chi connectivity index (χ2n) is 5.54. The van der Waals surface area contributed by atoms with Crippen molar-refractivity contribution in [3.8, 4) is 0 Å². The van der Waals surface area contributed by atoms with Crippen LogP contribution < -0.4 is 0 Å². The average Bonchev–Trinajstić information content (AvgIpc) is 2.51. The lowest BCUT2D eigenvalue weighted by atomic mass is 10.1. The Morgan fingerprint density at radius 3 is 2.84 bits per heavy atom. The second-order valence-corrected chi connectivity index (χ2v) is 7.75. The molecule has 104 valence electrons. The van der Waals surface area contributed by atoms with Gasteiger partial charge >= 0.3 is 0 Å². The Morgan fingerprint density at radius 2 is 2.11 bits per heavy atom. The minimum atomic E-state index is 0.121. The third-order valence-corrected chi connectivity index (χ3v) is 5.17. The molecule has 2 rings (SSSR count). The number of carbonyl (C=O) groups is 1. The van der Waals surface area contributed by atoms with Gasteiger partial charge in [0.05, 0.1) is 11.6 Å². The number of rotatable bonds is 3. The van der Waals surface area contributed by atoms with Crippen LogP contribution in [-0.2, 0) is 0 Å². The smallest absolute Gasteiger partial charge is 0.178 e. The van der Waals surface area contributed by atoms with Gasteiger partial charge in [-0.1, -0.05) is 37.6 Å². The van der Waals surface area contributed by atoms with E-state index in [0.29, 0.717) is 21.9 Å². The first-order valence-electron chi connectivity index (χ1n) is 6.62. The predicted octanol–water partition coefficient (Wildman–Crippen LogP) is 3.74. The summed E-state index contributed by atoms with van der Waals surface area (Å²) in [4.78, 5) is 14.5. The van der Waals surface area contributed by atoms with E-state index in [1.54, 1.807) is 12.1 Å². The van der Waals surface area contributed by atoms with Gasteiger partial charge in [-0.15, -0.1) is 0 Å². The number of ketones is 1. The van der Waals surface area contributed by atoms with E-state index in [2.05, 4.69) is 18.7 Å². The van der Waals surface area contributed by atoms with E-state index in [1.165, 1.54) is 0 Å². The summed E-state index contributed by atoms with van der Waals surface area (Å²) in [7, 11) is 0. The lowest BCUT2D eigenvalue weighted by molar-refractivity contribution is 0.0934. The van der Waals surface area contributed by atoms with Gasteiger partial charge in [-0.25, -0.2) is 0 Å². The van der Waals surface area contributed by atoms with E-state index >= 15 is 0 Å². The first-order valence-corrected chi connectivity index (χ1v) is 7.98. The standard InChI is InChI=1S/C15H20ClNOS/c1-15(2)7-8-17(9-10-19-15)11-14(18)12-5-3-4-6-13(12)16/h3-6H,7-11H2,1-2H3. The lowest BCUT2D eigenvalue weighted by Crippen LogP contribution is -2.32. The molecule has 1 fully saturated rings. The maximum atomic E-state index is 12.3. The highest BCUT2D eigenvalue weighted by Gasteiger charge is 2.25. The molecular weight excluding hydrogens is 278 g/mol. The fraction of sp³-hybridized carbons (Fsp3) is 0.533. The molecule has 1 aromatic rings. The summed E-state index contributed by atoms with van der Waals surface area (Å²) >= 11 is 8.06. The van der Waals surface area contributed by atoms with Crippen LogP contribution in [0.25, 0.3) is 0 Å². The van der Waals surface area contributed by atoms with E-state index in [4.69, 9.17) is 11.6 Å². The third-order valence-electron chi connectivity index (χ3n) is 3.47. The number of Topliss-reactive ketones (excluding diaryl/α,β-unsaturated/α-hetero) is 1. The lowest BCUT2D eigenvalue weighted by Gasteiger charge is -2.22. The summed E-state index contributed by atoms with van der Waals surface area (Å²) in [6.07, 6.45) is 1.12. The first kappa shape index (κ1) is 14.9. The van der Waals surface area contributed by atoms with Crippen LogP contribution in [0.4, 0.5) is 0 Å². The molecule has 1 heterocycles. The number of hydrogen-bond donors (Lipinski definition) is 0. The Kier molecular flexibility index (Phi) is 4.93. The largest absolute Gasteiger partial charge is 0.295 e. The Balaban J connectivity index is 1.98. The number of thioether (sulfide) groups is 1. The van der Waals surface area contributed by atoms with Crippen LogP contribution in [0.1, 0.15) is 30.6 Å². The number of hydrogen-bond acceptors (Lipinski definition) is 3. The van der Waals surface area contributed by atoms with E-state index in [0.717, 1.165) is 25.3 Å². The highest BCUT2D eigenvalue weighted by atomic mass is 35.5. The van der Waals surface area contributed by atoms with Crippen molar-refractivity contribution in [2.24, 2.45) is 0 Å². The van der Waals surface area contributed by atoms with Gasteiger partial charge in [-0.2, -0.15) is 11.8 Å². The fourth-order valence-corrected chi connectivity index (χ4v) is 3.57. The molecule has 2 nitrogen and oxygen atoms in total. The molecule has 1 aliphatic rings. The van der Waals surface area contributed by atoms with Crippen molar-refractivity contribution in [1.82, 2.24) is 4.90 Å². The number of nitrogens with zero attached hydrogens (tertiary/aromatic N) is 1. The second kappa shape index (κ2) is 6.29. The quantitative estimate of drug-likeness (QED) is 0.793. The van der Waals surface area contributed by atoms with Crippen LogP contribution in [0.15, 0.2) is 24.3 Å². The van der Waals surface area contributed by atoms with Crippen molar-refractivity contribution in [3.05, 3.63) is 34.9 Å². The molecule has 1 saturated heterocycles. The molecule has 4 heteroatoms. The monoisotopic (exact) mass is 297 g/mol. The maximum absolute atomic E-state index is 12.3. The van der Waals surface area contributed by atoms with Gasteiger partial charge < -0.3 is 0 Å². The molecular formula is C15H20ClNOS. The summed E-state index contributed by atoms with van der Waals surface area (Å²) in [5.74, 6) is 1.21. The third kappa shape index (κ3) is 4.23. The summed E-state index contributed by atoms with van der Waals surface area (Å²) in [5.41, 5.74) is 0.639. The average molecular weight is 298 g/mol. The SMILES string of the molecule is CC1(C)CCN(CC(=O)c2ccccc2Cl)CCS1. The van der Waals surface area contributed by atoms with Crippen molar-refractivity contribution < 1.29 is 4.79 Å². The molecule has 0 saturated carbocycles. The molecule has 1 aromatic carbocycles. The zero-order chi connectivity index (χ0) is 13.9. The number of halogens is 1. The van der Waals surface area contributed by atoms with Crippen molar-refractivity contribution in [1.29, 1.82) is 0 Å². The van der Waals surface area contributed by atoms with Crippen molar-refractivity contribution >= 4 is 29.1 Å². The van der Waals surface area contributed by atoms with E-state index in [-0.39, 0.29) is 5.78 Å². The maximum Gasteiger partial charge on any atom is 0.178 e. The Labute approximate surface area is 124 Å². The van der Waals surface area contributed by atoms with Gasteiger partial charge in [0.2, 0.25) is 0 Å². The minimum absolute atomic E-state index is 0.121. The van der Waals surface area contributed by atoms with E-state index < -0.39 is 0 Å². The van der Waals surface area contributed by atoms with Gasteiger partial charge in [0.15, 0.2) is 5.78 Å². The van der Waals surface area contributed by atoms with Crippen LogP contribution in [0, 0.1) is 0 Å². The molecule has 0 aliphatic carbocycles. The highest BCUT2D eigenvalue weighted by molar-refractivity contribution is 8.00. The molecule has 19 heavy (non-hydrogen) atoms. The number of carbonyl (C=O) groups excluding carboxylic acids is 1. The highest BCUT2D eigenvalue weighted by Crippen LogP contribution is 2.30. The van der Waals surface area contributed by atoms with Crippen LogP contribution in [0.3, 0.4) is 0 Å². The van der Waals surface area contributed by atoms with Gasteiger partial charge in [0.25, 0.3) is 0 Å². The fourth-order valence-electron chi connectivity index (χ4n) is 2.20. The predicted molar refractivity (Wildman–Crippen MR) is 83.4 cm³/mol. The molecule has 0 atom stereocenters. The summed E-state index contributed by atoms with van der Waals surface area (Å²) in [6.45, 7) is 6.98. The van der Waals surface area contributed by atoms with Crippen LogP contribution >= 0.6 is 23.4 Å². The van der Waals surface area contributed by atoms with Crippen molar-refractivity contribution in [3.63, 3.8) is 0 Å². The van der Waals surface area contributed by atoms with Crippen molar-refractivity contribution in [2.45, 2.75) is 25.0 Å². The molecule has 0 unspecified atom stereocenters. The van der Waals surface area contributed by atoms with Crippen LogP contribution in [0.2, 0.25) is 5.02 Å². The van der Waals surface area contributed by atoms with Gasteiger partial charge in [0, 0.05) is 22.6 Å². The molecule has 0 N–H and O–H groups in total. The van der Waals surface area contributed by atoms with E-state index in [9.17, 15) is 4.79 Å². The Morgan fingerprint density at radius 1 is 1.37 bits per heavy atom. The molecule has 0 amide bonds. The van der Waals surface area contributed by atoms with Crippen molar-refractivity contribution in [2.75, 3.05) is 25.4 Å². The topological polar surface area (TPSA) is 20.3 Å². The first-order chi connectivity index (χ1) is 8.98. The molecule has 1 aliphatic heterocycles. The molecule has 0 spiro atoms. The molecule has 0 radical (unpaired) electrons. The van der Waals surface area contributed by atoms with Gasteiger partial charge in [-0.3, -0.25) is 9.69 Å². The zero-order valence-electron chi connectivity index (χ0n) is 11.5. The summed E-state index contributed by atoms with van der Waals surface area (Å²) < 4.78 is 0.322. The Bertz CT molecular complexity index is 461.